The maximum Gasteiger partial charge on any atom is 0.474 e. The topological polar surface area (TPSA) is 78.9 Å². The highest BCUT2D eigenvalue weighted by molar-refractivity contribution is 8.13. The Balaban J connectivity index is 2.44. The SMILES string of the molecule is CCOP(=O)(OCC)OCCCCCC(=O)c1ccc(C)cc1SC(C)=O. The molecular weight excluding hydrogens is 387 g/mol. The number of aryl methyl sites for hydroxylation is 1. The smallest absolute Gasteiger partial charge is 0.294 e. The standard InChI is InChI=1S/C19H29O6PS/c1-5-23-26(22,24-6-2)25-13-9-7-8-10-18(21)17-12-11-15(3)14-19(17)27-16(4)20/h11-12,14H,5-10,13H2,1-4H3. The maximum absolute atomic E-state index is 12.5. The van der Waals surface area contributed by atoms with Crippen molar-refractivity contribution in [3.63, 3.8) is 0 Å². The van der Waals surface area contributed by atoms with Crippen LogP contribution in [0.3, 0.4) is 0 Å². The second-order valence-corrected chi connectivity index (χ2v) is 8.83. The summed E-state index contributed by atoms with van der Waals surface area (Å²) in [5.74, 6) is 0.0222. The summed E-state index contributed by atoms with van der Waals surface area (Å²) in [5, 5.41) is -0.0418. The zero-order valence-electron chi connectivity index (χ0n) is 16.5. The Morgan fingerprint density at radius 1 is 1.04 bits per heavy atom. The zero-order valence-corrected chi connectivity index (χ0v) is 18.2. The number of phosphoric ester groups is 1. The van der Waals surface area contributed by atoms with E-state index in [0.717, 1.165) is 23.7 Å². The van der Waals surface area contributed by atoms with E-state index in [2.05, 4.69) is 0 Å². The lowest BCUT2D eigenvalue weighted by molar-refractivity contribution is -0.109. The average Bonchev–Trinajstić information content (AvgIpc) is 2.57. The monoisotopic (exact) mass is 416 g/mol. The first-order chi connectivity index (χ1) is 12.8. The van der Waals surface area contributed by atoms with Crippen LogP contribution in [0.15, 0.2) is 23.1 Å². The summed E-state index contributed by atoms with van der Waals surface area (Å²) in [6.45, 7) is 7.63. The van der Waals surface area contributed by atoms with Gasteiger partial charge in [0.05, 0.1) is 19.8 Å². The van der Waals surface area contributed by atoms with E-state index in [4.69, 9.17) is 13.6 Å². The lowest BCUT2D eigenvalue weighted by Gasteiger charge is -2.16. The summed E-state index contributed by atoms with van der Waals surface area (Å²) in [4.78, 5) is 24.6. The van der Waals surface area contributed by atoms with Crippen molar-refractivity contribution in [3.05, 3.63) is 29.3 Å². The Hall–Kier alpha value is -0.980. The minimum Gasteiger partial charge on any atom is -0.294 e. The summed E-state index contributed by atoms with van der Waals surface area (Å²) < 4.78 is 27.5. The number of carbonyl (C=O) groups is 2. The number of hydrogen-bond donors (Lipinski definition) is 0. The predicted molar refractivity (Wildman–Crippen MR) is 107 cm³/mol. The fourth-order valence-electron chi connectivity index (χ4n) is 2.40. The molecule has 0 spiro atoms. The third-order valence-electron chi connectivity index (χ3n) is 3.56. The number of ketones is 1. The average molecular weight is 416 g/mol. The normalized spacial score (nSPS) is 11.6. The molecule has 0 heterocycles. The van der Waals surface area contributed by atoms with Crippen LogP contribution in [-0.2, 0) is 22.9 Å². The third-order valence-corrected chi connectivity index (χ3v) is 6.06. The summed E-state index contributed by atoms with van der Waals surface area (Å²) in [5.41, 5.74) is 1.61. The van der Waals surface area contributed by atoms with Gasteiger partial charge in [0.15, 0.2) is 10.9 Å². The lowest BCUT2D eigenvalue weighted by Crippen LogP contribution is -2.04. The van der Waals surface area contributed by atoms with Crippen molar-refractivity contribution in [2.75, 3.05) is 19.8 Å². The van der Waals surface area contributed by atoms with Gasteiger partial charge in [0.1, 0.15) is 0 Å². The lowest BCUT2D eigenvalue weighted by atomic mass is 10.0. The third kappa shape index (κ3) is 9.17. The van der Waals surface area contributed by atoms with E-state index < -0.39 is 7.82 Å². The van der Waals surface area contributed by atoms with E-state index in [-0.39, 0.29) is 30.7 Å². The molecule has 0 unspecified atom stereocenters. The molecular formula is C19H29O6PS. The van der Waals surface area contributed by atoms with Crippen LogP contribution in [0.25, 0.3) is 0 Å². The van der Waals surface area contributed by atoms with E-state index in [1.54, 1.807) is 19.9 Å². The van der Waals surface area contributed by atoms with Crippen LogP contribution in [-0.4, -0.2) is 30.7 Å². The van der Waals surface area contributed by atoms with Gasteiger partial charge in [0.2, 0.25) is 0 Å². The molecule has 1 rings (SSSR count). The van der Waals surface area contributed by atoms with Crippen molar-refractivity contribution < 1.29 is 27.7 Å². The minimum atomic E-state index is -3.46. The molecule has 27 heavy (non-hydrogen) atoms. The number of hydrogen-bond acceptors (Lipinski definition) is 7. The van der Waals surface area contributed by atoms with E-state index in [9.17, 15) is 14.2 Å². The number of benzene rings is 1. The molecule has 152 valence electrons. The zero-order chi connectivity index (χ0) is 20.3. The molecule has 0 atom stereocenters. The molecule has 0 aromatic heterocycles. The molecule has 1 aromatic rings. The first-order valence-corrected chi connectivity index (χ1v) is 11.4. The Labute approximate surface area is 166 Å². The molecule has 1 aromatic carbocycles. The quantitative estimate of drug-likeness (QED) is 0.180. The predicted octanol–water partition coefficient (Wildman–Crippen LogP) is 5.57. The Morgan fingerprint density at radius 2 is 1.70 bits per heavy atom. The summed E-state index contributed by atoms with van der Waals surface area (Å²) >= 11 is 1.09. The molecule has 0 bridgehead atoms. The van der Waals surface area contributed by atoms with Gasteiger partial charge in [-0.15, -0.1) is 0 Å². The van der Waals surface area contributed by atoms with Gasteiger partial charge < -0.3 is 0 Å². The van der Waals surface area contributed by atoms with Gasteiger partial charge in [-0.1, -0.05) is 30.3 Å². The van der Waals surface area contributed by atoms with Crippen LogP contribution in [0, 0.1) is 6.92 Å². The first-order valence-electron chi connectivity index (χ1n) is 9.17. The molecule has 6 nitrogen and oxygen atoms in total. The van der Waals surface area contributed by atoms with Crippen LogP contribution >= 0.6 is 19.6 Å². The van der Waals surface area contributed by atoms with Gasteiger partial charge in [0, 0.05) is 23.8 Å². The molecule has 0 N–H and O–H groups in total. The number of rotatable bonds is 13. The molecule has 0 radical (unpaired) electrons. The molecule has 0 aliphatic heterocycles. The highest BCUT2D eigenvalue weighted by Gasteiger charge is 2.24. The molecule has 0 amide bonds. The Morgan fingerprint density at radius 3 is 2.30 bits per heavy atom. The van der Waals surface area contributed by atoms with Crippen molar-refractivity contribution in [2.24, 2.45) is 0 Å². The highest BCUT2D eigenvalue weighted by atomic mass is 32.2. The van der Waals surface area contributed by atoms with E-state index in [1.165, 1.54) is 6.92 Å². The van der Waals surface area contributed by atoms with E-state index in [1.807, 2.05) is 19.1 Å². The first kappa shape index (κ1) is 24.1. The molecule has 0 aliphatic rings. The largest absolute Gasteiger partial charge is 0.474 e. The van der Waals surface area contributed by atoms with Gasteiger partial charge in [-0.3, -0.25) is 23.2 Å². The second kappa shape index (κ2) is 12.5. The number of carbonyl (C=O) groups excluding carboxylic acids is 2. The number of Topliss-reactive ketones (excluding diaryl/α,β-unsaturated/α-hetero) is 1. The van der Waals surface area contributed by atoms with Gasteiger partial charge in [-0.05, 0) is 45.2 Å². The summed E-state index contributed by atoms with van der Waals surface area (Å²) in [6, 6.07) is 5.53. The Bertz CT molecular complexity index is 666. The van der Waals surface area contributed by atoms with E-state index >= 15 is 0 Å². The van der Waals surface area contributed by atoms with Crippen LogP contribution in [0.1, 0.15) is 62.4 Å². The fourth-order valence-corrected chi connectivity index (χ4v) is 4.46. The van der Waals surface area contributed by atoms with Gasteiger partial charge in [0.25, 0.3) is 0 Å². The molecule has 0 saturated heterocycles. The Kier molecular flexibility index (Phi) is 11.1. The van der Waals surface area contributed by atoms with Crippen molar-refractivity contribution in [2.45, 2.75) is 58.3 Å². The second-order valence-electron chi connectivity index (χ2n) is 5.94. The van der Waals surface area contributed by atoms with Crippen LogP contribution < -0.4 is 0 Å². The minimum absolute atomic E-state index is 0.0222. The van der Waals surface area contributed by atoms with Crippen molar-refractivity contribution in [3.8, 4) is 0 Å². The highest BCUT2D eigenvalue weighted by Crippen LogP contribution is 2.49. The van der Waals surface area contributed by atoms with Crippen LogP contribution in [0.2, 0.25) is 0 Å². The number of phosphoric acid groups is 1. The molecule has 0 saturated carbocycles. The molecule has 0 aliphatic carbocycles. The van der Waals surface area contributed by atoms with Crippen LogP contribution in [0.4, 0.5) is 0 Å². The molecule has 8 heteroatoms. The van der Waals surface area contributed by atoms with Gasteiger partial charge in [-0.25, -0.2) is 4.57 Å². The number of unbranched alkanes of at least 4 members (excludes halogenated alkanes) is 2. The summed E-state index contributed by atoms with van der Waals surface area (Å²) in [6.07, 6.45) is 2.49. The van der Waals surface area contributed by atoms with Crippen molar-refractivity contribution in [1.82, 2.24) is 0 Å². The van der Waals surface area contributed by atoms with Crippen LogP contribution in [0.5, 0.6) is 0 Å². The fraction of sp³-hybridized carbons (Fsp3) is 0.579. The van der Waals surface area contributed by atoms with Crippen molar-refractivity contribution in [1.29, 1.82) is 0 Å². The molecule has 0 fully saturated rings. The van der Waals surface area contributed by atoms with Gasteiger partial charge >= 0.3 is 7.82 Å². The maximum atomic E-state index is 12.5. The van der Waals surface area contributed by atoms with Gasteiger partial charge in [-0.2, -0.15) is 0 Å². The van der Waals surface area contributed by atoms with E-state index in [0.29, 0.717) is 29.7 Å². The summed E-state index contributed by atoms with van der Waals surface area (Å²) in [7, 11) is -3.46. The van der Waals surface area contributed by atoms with Crippen molar-refractivity contribution >= 4 is 30.5 Å². The number of thioether (sulfide) groups is 1.